The van der Waals surface area contributed by atoms with Crippen LogP contribution in [-0.4, -0.2) is 36.1 Å². The second-order valence-corrected chi connectivity index (χ2v) is 4.13. The minimum absolute atomic E-state index is 0.376. The molecule has 0 atom stereocenters. The molecule has 1 aliphatic heterocycles. The van der Waals surface area contributed by atoms with Crippen LogP contribution in [0.4, 0.5) is 5.69 Å². The van der Waals surface area contributed by atoms with Crippen LogP contribution in [0.1, 0.15) is 18.4 Å². The van der Waals surface area contributed by atoms with Crippen LogP contribution in [0, 0.1) is 11.3 Å². The molecule has 1 aliphatic rings. The second kappa shape index (κ2) is 5.51. The average Bonchev–Trinajstić information content (AvgIpc) is 2.84. The summed E-state index contributed by atoms with van der Waals surface area (Å²) in [6.07, 6.45) is 4.04. The van der Waals surface area contributed by atoms with Crippen molar-refractivity contribution in [3.63, 3.8) is 0 Å². The summed E-state index contributed by atoms with van der Waals surface area (Å²) >= 11 is 0. The zero-order chi connectivity index (χ0) is 12.1. The Labute approximate surface area is 101 Å². The van der Waals surface area contributed by atoms with Crippen molar-refractivity contribution in [1.29, 1.82) is 5.26 Å². The third-order valence-corrected chi connectivity index (χ3v) is 2.84. The molecular formula is C12H16N4O. The first kappa shape index (κ1) is 11.7. The van der Waals surface area contributed by atoms with Crippen molar-refractivity contribution in [2.24, 2.45) is 0 Å². The van der Waals surface area contributed by atoms with E-state index >= 15 is 0 Å². The highest BCUT2D eigenvalue weighted by Crippen LogP contribution is 2.16. The van der Waals surface area contributed by atoms with Crippen molar-refractivity contribution >= 4 is 5.69 Å². The molecule has 2 N–H and O–H groups in total. The smallest absolute Gasteiger partial charge is 0.231 e. The lowest BCUT2D eigenvalue weighted by Crippen LogP contribution is -2.25. The molecule has 1 saturated heterocycles. The molecule has 0 unspecified atom stereocenters. The van der Waals surface area contributed by atoms with E-state index in [-0.39, 0.29) is 0 Å². The van der Waals surface area contributed by atoms with E-state index in [0.717, 1.165) is 19.6 Å². The highest BCUT2D eigenvalue weighted by Gasteiger charge is 2.12. The van der Waals surface area contributed by atoms with Crippen LogP contribution in [0.2, 0.25) is 0 Å². The van der Waals surface area contributed by atoms with Crippen molar-refractivity contribution in [3.05, 3.63) is 17.8 Å². The maximum Gasteiger partial charge on any atom is 0.231 e. The zero-order valence-electron chi connectivity index (χ0n) is 9.72. The molecule has 5 nitrogen and oxygen atoms in total. The van der Waals surface area contributed by atoms with E-state index in [2.05, 4.69) is 9.88 Å². The van der Waals surface area contributed by atoms with Crippen molar-refractivity contribution in [2.75, 3.05) is 32.0 Å². The standard InChI is InChI=1S/C12H16N4O/c13-8-10-7-11(14)9-15-12(10)17-6-5-16-3-1-2-4-16/h7,9H,1-6,14H2. The molecule has 2 rings (SSSR count). The molecule has 0 bridgehead atoms. The molecule has 0 aromatic carbocycles. The number of rotatable bonds is 4. The van der Waals surface area contributed by atoms with E-state index < -0.39 is 0 Å². The molecule has 0 saturated carbocycles. The van der Waals surface area contributed by atoms with Gasteiger partial charge in [-0.05, 0) is 32.0 Å². The Bertz CT molecular complexity index is 421. The predicted molar refractivity (Wildman–Crippen MR) is 64.5 cm³/mol. The van der Waals surface area contributed by atoms with Gasteiger partial charge in [0.2, 0.25) is 5.88 Å². The number of nitrogen functional groups attached to an aromatic ring is 1. The second-order valence-electron chi connectivity index (χ2n) is 4.13. The molecule has 0 aliphatic carbocycles. The summed E-state index contributed by atoms with van der Waals surface area (Å²) < 4.78 is 5.51. The summed E-state index contributed by atoms with van der Waals surface area (Å²) in [6, 6.07) is 3.62. The topological polar surface area (TPSA) is 75.2 Å². The molecule has 1 fully saturated rings. The molecule has 0 radical (unpaired) electrons. The first-order valence-corrected chi connectivity index (χ1v) is 5.80. The number of hydrogen-bond acceptors (Lipinski definition) is 5. The van der Waals surface area contributed by atoms with E-state index in [1.807, 2.05) is 6.07 Å². The summed E-state index contributed by atoms with van der Waals surface area (Å²) in [5.74, 6) is 0.376. The lowest BCUT2D eigenvalue weighted by atomic mass is 10.3. The fourth-order valence-corrected chi connectivity index (χ4v) is 1.94. The Hall–Kier alpha value is -1.80. The lowest BCUT2D eigenvalue weighted by molar-refractivity contribution is 0.231. The summed E-state index contributed by atoms with van der Waals surface area (Å²) in [4.78, 5) is 6.38. The van der Waals surface area contributed by atoms with Gasteiger partial charge in [-0.2, -0.15) is 5.26 Å². The fourth-order valence-electron chi connectivity index (χ4n) is 1.94. The molecule has 90 valence electrons. The summed E-state index contributed by atoms with van der Waals surface area (Å²) in [5, 5.41) is 8.92. The van der Waals surface area contributed by atoms with Crippen molar-refractivity contribution < 1.29 is 4.74 Å². The van der Waals surface area contributed by atoms with Crippen LogP contribution in [-0.2, 0) is 0 Å². The highest BCUT2D eigenvalue weighted by molar-refractivity contribution is 5.48. The number of pyridine rings is 1. The van der Waals surface area contributed by atoms with Crippen molar-refractivity contribution in [3.8, 4) is 11.9 Å². The first-order chi connectivity index (χ1) is 8.29. The van der Waals surface area contributed by atoms with Crippen LogP contribution < -0.4 is 10.5 Å². The van der Waals surface area contributed by atoms with Gasteiger partial charge in [0, 0.05) is 6.54 Å². The Morgan fingerprint density at radius 2 is 2.24 bits per heavy atom. The Morgan fingerprint density at radius 1 is 1.47 bits per heavy atom. The summed E-state index contributed by atoms with van der Waals surface area (Å²) in [7, 11) is 0. The third kappa shape index (κ3) is 3.08. The van der Waals surface area contributed by atoms with E-state index in [4.69, 9.17) is 15.7 Å². The molecule has 5 heteroatoms. The van der Waals surface area contributed by atoms with Gasteiger partial charge in [0.1, 0.15) is 18.2 Å². The van der Waals surface area contributed by atoms with E-state index in [1.54, 1.807) is 6.07 Å². The normalized spacial score (nSPS) is 15.7. The molecule has 2 heterocycles. The molecular weight excluding hydrogens is 216 g/mol. The van der Waals surface area contributed by atoms with Gasteiger partial charge < -0.3 is 10.5 Å². The third-order valence-electron chi connectivity index (χ3n) is 2.84. The number of nitrogens with two attached hydrogens (primary N) is 1. The number of hydrogen-bond donors (Lipinski definition) is 1. The number of nitrogens with zero attached hydrogens (tertiary/aromatic N) is 3. The summed E-state index contributed by atoms with van der Waals surface area (Å²) in [5.41, 5.74) is 6.43. The van der Waals surface area contributed by atoms with Gasteiger partial charge in [0.25, 0.3) is 0 Å². The largest absolute Gasteiger partial charge is 0.475 e. The monoisotopic (exact) mass is 232 g/mol. The maximum absolute atomic E-state index is 8.92. The molecule has 17 heavy (non-hydrogen) atoms. The van der Waals surface area contributed by atoms with Gasteiger partial charge in [-0.15, -0.1) is 0 Å². The molecule has 0 spiro atoms. The van der Waals surface area contributed by atoms with Crippen LogP contribution >= 0.6 is 0 Å². The first-order valence-electron chi connectivity index (χ1n) is 5.80. The highest BCUT2D eigenvalue weighted by atomic mass is 16.5. The molecule has 1 aromatic heterocycles. The van der Waals surface area contributed by atoms with E-state index in [1.165, 1.54) is 19.0 Å². The Balaban J connectivity index is 1.88. The quantitative estimate of drug-likeness (QED) is 0.838. The number of aromatic nitrogens is 1. The van der Waals surface area contributed by atoms with Gasteiger partial charge in [-0.25, -0.2) is 4.98 Å². The van der Waals surface area contributed by atoms with Gasteiger partial charge in [0.15, 0.2) is 0 Å². The van der Waals surface area contributed by atoms with Crippen LogP contribution in [0.5, 0.6) is 5.88 Å². The van der Waals surface area contributed by atoms with Gasteiger partial charge in [-0.3, -0.25) is 4.90 Å². The van der Waals surface area contributed by atoms with Gasteiger partial charge in [0.05, 0.1) is 11.9 Å². The predicted octanol–water partition coefficient (Wildman–Crippen LogP) is 1.01. The Morgan fingerprint density at radius 3 is 2.94 bits per heavy atom. The SMILES string of the molecule is N#Cc1cc(N)cnc1OCCN1CCCC1. The Kier molecular flexibility index (Phi) is 3.78. The summed E-state index contributed by atoms with van der Waals surface area (Å²) in [6.45, 7) is 3.73. The van der Waals surface area contributed by atoms with Crippen molar-refractivity contribution in [2.45, 2.75) is 12.8 Å². The van der Waals surface area contributed by atoms with Crippen LogP contribution in [0.3, 0.4) is 0 Å². The lowest BCUT2D eigenvalue weighted by Gasteiger charge is -2.14. The molecule has 0 amide bonds. The van der Waals surface area contributed by atoms with Crippen LogP contribution in [0.15, 0.2) is 12.3 Å². The van der Waals surface area contributed by atoms with Crippen molar-refractivity contribution in [1.82, 2.24) is 9.88 Å². The van der Waals surface area contributed by atoms with Crippen LogP contribution in [0.25, 0.3) is 0 Å². The maximum atomic E-state index is 8.92. The number of ether oxygens (including phenoxy) is 1. The van der Waals surface area contributed by atoms with E-state index in [9.17, 15) is 0 Å². The van der Waals surface area contributed by atoms with E-state index in [0.29, 0.717) is 23.7 Å². The van der Waals surface area contributed by atoms with Gasteiger partial charge >= 0.3 is 0 Å². The fraction of sp³-hybridized carbons (Fsp3) is 0.500. The average molecular weight is 232 g/mol. The van der Waals surface area contributed by atoms with Gasteiger partial charge in [-0.1, -0.05) is 0 Å². The number of anilines is 1. The molecule has 1 aromatic rings. The zero-order valence-corrected chi connectivity index (χ0v) is 9.72. The number of nitriles is 1. The number of likely N-dealkylation sites (tertiary alicyclic amines) is 1. The minimum Gasteiger partial charge on any atom is -0.475 e. The minimum atomic E-state index is 0.376.